The van der Waals surface area contributed by atoms with Gasteiger partial charge < -0.3 is 10.0 Å². The third-order valence-corrected chi connectivity index (χ3v) is 1.81. The van der Waals surface area contributed by atoms with E-state index < -0.39 is 0 Å². The second-order valence-corrected chi connectivity index (χ2v) is 3.85. The van der Waals surface area contributed by atoms with E-state index >= 15 is 0 Å². The molecule has 0 heterocycles. The molecule has 0 aromatic heterocycles. The second-order valence-electron chi connectivity index (χ2n) is 3.85. The Bertz CT molecular complexity index is 326. The van der Waals surface area contributed by atoms with E-state index in [0.29, 0.717) is 0 Å². The predicted molar refractivity (Wildman–Crippen MR) is 69.0 cm³/mol. The Morgan fingerprint density at radius 2 is 1.06 bits per heavy atom. The Morgan fingerprint density at radius 1 is 0.750 bits per heavy atom. The number of rotatable bonds is 4. The largest absolute Gasteiger partial charge is 0.303 e. The van der Waals surface area contributed by atoms with Gasteiger partial charge in [0.2, 0.25) is 0 Å². The summed E-state index contributed by atoms with van der Waals surface area (Å²) in [6.45, 7) is 0. The first kappa shape index (κ1) is 12.2. The summed E-state index contributed by atoms with van der Waals surface area (Å²) >= 11 is 0. The van der Waals surface area contributed by atoms with Gasteiger partial charge >= 0.3 is 0 Å². The van der Waals surface area contributed by atoms with E-state index in [4.69, 9.17) is 0 Å². The minimum atomic E-state index is 1.08. The zero-order chi connectivity index (χ0) is 12.0. The summed E-state index contributed by atoms with van der Waals surface area (Å²) in [5.41, 5.74) is 2.16. The van der Waals surface area contributed by atoms with E-state index in [1.807, 2.05) is 64.9 Å². The molecule has 0 atom stereocenters. The zero-order valence-electron chi connectivity index (χ0n) is 10.3. The van der Waals surface area contributed by atoms with E-state index in [1.54, 1.807) is 10.0 Å². The zero-order valence-corrected chi connectivity index (χ0v) is 10.3. The van der Waals surface area contributed by atoms with Crippen LogP contribution in [0.3, 0.4) is 0 Å². The smallest absolute Gasteiger partial charge is 0.0542 e. The number of benzene rings is 1. The molecule has 0 radical (unpaired) electrons. The lowest BCUT2D eigenvalue weighted by Crippen LogP contribution is -2.02. The molecule has 0 amide bonds. The van der Waals surface area contributed by atoms with E-state index in [9.17, 15) is 0 Å². The normalized spacial score (nSPS) is 11.2. The van der Waals surface area contributed by atoms with Crippen molar-refractivity contribution in [3.63, 3.8) is 0 Å². The predicted octanol–water partition coefficient (Wildman–Crippen LogP) is 1.48. The van der Waals surface area contributed by atoms with Crippen molar-refractivity contribution in [3.8, 4) is 0 Å². The second kappa shape index (κ2) is 5.90. The van der Waals surface area contributed by atoms with E-state index in [-0.39, 0.29) is 0 Å². The van der Waals surface area contributed by atoms with Crippen LogP contribution in [0.25, 0.3) is 0 Å². The van der Waals surface area contributed by atoms with Gasteiger partial charge in [-0.3, -0.25) is 0 Å². The van der Waals surface area contributed by atoms with Crippen molar-refractivity contribution in [2.75, 3.05) is 28.2 Å². The molecule has 4 nitrogen and oxygen atoms in total. The van der Waals surface area contributed by atoms with Gasteiger partial charge in [-0.1, -0.05) is 24.3 Å². The van der Waals surface area contributed by atoms with Crippen LogP contribution in [0.2, 0.25) is 0 Å². The summed E-state index contributed by atoms with van der Waals surface area (Å²) < 4.78 is 0. The first-order valence-corrected chi connectivity index (χ1v) is 5.10. The lowest BCUT2D eigenvalue weighted by atomic mass is 10.2. The topological polar surface area (TPSA) is 31.2 Å². The summed E-state index contributed by atoms with van der Waals surface area (Å²) in [6.07, 6.45) is 3.65. The lowest BCUT2D eigenvalue weighted by molar-refractivity contribution is 0.440. The molecular formula is C12H18N4. The number of hydrogen-bond acceptors (Lipinski definition) is 4. The van der Waals surface area contributed by atoms with Crippen molar-refractivity contribution >= 4 is 12.4 Å². The molecule has 1 aromatic rings. The first-order valence-electron chi connectivity index (χ1n) is 5.10. The van der Waals surface area contributed by atoms with Crippen LogP contribution in [0.15, 0.2) is 34.5 Å². The molecule has 0 unspecified atom stereocenters. The molecule has 0 aliphatic carbocycles. The standard InChI is InChI=1S/C12H18N4/c1-15(2)13-9-11-5-7-12(8-6-11)10-14-16(3)4/h5-10H,1-4H3/b13-9-,14-10-. The molecule has 0 fully saturated rings. The fraction of sp³-hybridized carbons (Fsp3) is 0.333. The highest BCUT2D eigenvalue weighted by molar-refractivity contribution is 5.83. The molecule has 0 aliphatic heterocycles. The minimum absolute atomic E-state index is 1.08. The molecule has 0 aliphatic rings. The maximum atomic E-state index is 4.17. The van der Waals surface area contributed by atoms with Gasteiger partial charge in [0.1, 0.15) is 0 Å². The molecule has 86 valence electrons. The van der Waals surface area contributed by atoms with Crippen LogP contribution in [-0.2, 0) is 0 Å². The highest BCUT2D eigenvalue weighted by atomic mass is 15.4. The van der Waals surface area contributed by atoms with Crippen LogP contribution in [-0.4, -0.2) is 50.6 Å². The van der Waals surface area contributed by atoms with Gasteiger partial charge in [-0.15, -0.1) is 0 Å². The van der Waals surface area contributed by atoms with Crippen molar-refractivity contribution in [1.29, 1.82) is 0 Å². The van der Waals surface area contributed by atoms with Crippen LogP contribution < -0.4 is 0 Å². The maximum absolute atomic E-state index is 4.17. The molecule has 0 bridgehead atoms. The monoisotopic (exact) mass is 218 g/mol. The lowest BCUT2D eigenvalue weighted by Gasteiger charge is -2.03. The third kappa shape index (κ3) is 4.59. The molecular weight excluding hydrogens is 200 g/mol. The molecule has 0 saturated heterocycles. The fourth-order valence-electron chi connectivity index (χ4n) is 1.03. The number of nitrogens with zero attached hydrogens (tertiary/aromatic N) is 4. The number of hydrazone groups is 2. The van der Waals surface area contributed by atoms with Crippen LogP contribution >= 0.6 is 0 Å². The fourth-order valence-corrected chi connectivity index (χ4v) is 1.03. The first-order chi connectivity index (χ1) is 7.58. The van der Waals surface area contributed by atoms with Gasteiger partial charge in [0, 0.05) is 28.2 Å². The molecule has 16 heavy (non-hydrogen) atoms. The molecule has 4 heteroatoms. The summed E-state index contributed by atoms with van der Waals surface area (Å²) in [7, 11) is 7.59. The quantitative estimate of drug-likeness (QED) is 0.566. The Morgan fingerprint density at radius 3 is 1.31 bits per heavy atom. The number of hydrogen-bond donors (Lipinski definition) is 0. The van der Waals surface area contributed by atoms with Crippen molar-refractivity contribution in [2.45, 2.75) is 0 Å². The van der Waals surface area contributed by atoms with Gasteiger partial charge in [-0.2, -0.15) is 10.2 Å². The van der Waals surface area contributed by atoms with Crippen LogP contribution in [0.1, 0.15) is 11.1 Å². The van der Waals surface area contributed by atoms with Gasteiger partial charge in [-0.25, -0.2) is 0 Å². The molecule has 0 N–H and O–H groups in total. The van der Waals surface area contributed by atoms with Crippen molar-refractivity contribution in [1.82, 2.24) is 10.0 Å². The average Bonchev–Trinajstić information content (AvgIpc) is 2.25. The summed E-state index contributed by atoms with van der Waals surface area (Å²) in [6, 6.07) is 8.07. The van der Waals surface area contributed by atoms with E-state index in [0.717, 1.165) is 11.1 Å². The molecule has 0 saturated carbocycles. The highest BCUT2D eigenvalue weighted by Crippen LogP contribution is 2.00. The molecule has 1 rings (SSSR count). The Labute approximate surface area is 96.9 Å². The Kier molecular flexibility index (Phi) is 4.51. The summed E-state index contributed by atoms with van der Waals surface area (Å²) in [4.78, 5) is 0. The maximum Gasteiger partial charge on any atom is 0.0542 e. The third-order valence-electron chi connectivity index (χ3n) is 1.81. The summed E-state index contributed by atoms with van der Waals surface area (Å²) in [5, 5.41) is 11.9. The van der Waals surface area contributed by atoms with Gasteiger partial charge in [0.05, 0.1) is 12.4 Å². The Balaban J connectivity index is 2.68. The van der Waals surface area contributed by atoms with E-state index in [1.165, 1.54) is 0 Å². The minimum Gasteiger partial charge on any atom is -0.303 e. The van der Waals surface area contributed by atoms with E-state index in [2.05, 4.69) is 10.2 Å². The average molecular weight is 218 g/mol. The van der Waals surface area contributed by atoms with Crippen LogP contribution in [0, 0.1) is 0 Å². The van der Waals surface area contributed by atoms with Gasteiger partial charge in [0.15, 0.2) is 0 Å². The van der Waals surface area contributed by atoms with Gasteiger partial charge in [-0.05, 0) is 11.1 Å². The van der Waals surface area contributed by atoms with Crippen molar-refractivity contribution < 1.29 is 0 Å². The van der Waals surface area contributed by atoms with Gasteiger partial charge in [0.25, 0.3) is 0 Å². The highest BCUT2D eigenvalue weighted by Gasteiger charge is 1.90. The Hall–Kier alpha value is -1.84. The molecule has 0 spiro atoms. The van der Waals surface area contributed by atoms with Crippen LogP contribution in [0.5, 0.6) is 0 Å². The molecule has 1 aromatic carbocycles. The van der Waals surface area contributed by atoms with Crippen molar-refractivity contribution in [3.05, 3.63) is 35.4 Å². The summed E-state index contributed by atoms with van der Waals surface area (Å²) in [5.74, 6) is 0. The SMILES string of the molecule is CN(C)/N=C\c1ccc(/C=N\N(C)C)cc1. The van der Waals surface area contributed by atoms with Crippen LogP contribution in [0.4, 0.5) is 0 Å². The van der Waals surface area contributed by atoms with Crippen molar-refractivity contribution in [2.24, 2.45) is 10.2 Å².